The lowest BCUT2D eigenvalue weighted by Crippen LogP contribution is -2.26. The van der Waals surface area contributed by atoms with Crippen LogP contribution < -0.4 is 10.2 Å². The van der Waals surface area contributed by atoms with Crippen molar-refractivity contribution in [1.29, 1.82) is 0 Å². The largest absolute Gasteiger partial charge is 0.377 e. The Labute approximate surface area is 124 Å². The maximum atomic E-state index is 11.1. The molecule has 0 unspecified atom stereocenters. The Hall–Kier alpha value is -1.96. The van der Waals surface area contributed by atoms with E-state index in [-0.39, 0.29) is 11.8 Å². The molecule has 21 heavy (non-hydrogen) atoms. The number of nitro groups is 1. The van der Waals surface area contributed by atoms with E-state index in [2.05, 4.69) is 15.3 Å². The fourth-order valence-corrected chi connectivity index (χ4v) is 1.63. The first kappa shape index (κ1) is 17.1. The molecular formula is C13H23N5O3. The molecule has 0 saturated heterocycles. The first-order valence-corrected chi connectivity index (χ1v) is 7.03. The van der Waals surface area contributed by atoms with Crippen LogP contribution in [0.2, 0.25) is 0 Å². The third-order valence-corrected chi connectivity index (χ3v) is 2.72. The molecule has 0 saturated carbocycles. The van der Waals surface area contributed by atoms with E-state index in [9.17, 15) is 10.1 Å². The normalized spacial score (nSPS) is 10.7. The van der Waals surface area contributed by atoms with Crippen molar-refractivity contribution < 1.29 is 9.66 Å². The maximum Gasteiger partial charge on any atom is 0.329 e. The van der Waals surface area contributed by atoms with E-state index >= 15 is 0 Å². The molecule has 0 spiro atoms. The second-order valence-corrected chi connectivity index (χ2v) is 4.93. The SMILES string of the molecule is CCCNc1ncc([N+](=O)[O-])c(N(C)CCOC(C)C)n1. The lowest BCUT2D eigenvalue weighted by Gasteiger charge is -2.19. The molecular weight excluding hydrogens is 274 g/mol. The second-order valence-electron chi connectivity index (χ2n) is 4.93. The van der Waals surface area contributed by atoms with Crippen LogP contribution in [0.25, 0.3) is 0 Å². The number of nitrogens with zero attached hydrogens (tertiary/aromatic N) is 4. The molecule has 118 valence electrons. The monoisotopic (exact) mass is 297 g/mol. The second kappa shape index (κ2) is 8.35. The van der Waals surface area contributed by atoms with E-state index in [1.807, 2.05) is 20.8 Å². The Balaban J connectivity index is 2.86. The van der Waals surface area contributed by atoms with Crippen LogP contribution in [0.3, 0.4) is 0 Å². The standard InChI is InChI=1S/C13H23N5O3/c1-5-6-14-13-15-9-11(18(19)20)12(16-13)17(4)7-8-21-10(2)3/h9-10H,5-8H2,1-4H3,(H,14,15,16). The molecule has 0 aromatic carbocycles. The van der Waals surface area contributed by atoms with Gasteiger partial charge in [0.05, 0.1) is 17.6 Å². The maximum absolute atomic E-state index is 11.1. The van der Waals surface area contributed by atoms with Crippen molar-refractivity contribution >= 4 is 17.5 Å². The van der Waals surface area contributed by atoms with Gasteiger partial charge in [0.25, 0.3) is 0 Å². The summed E-state index contributed by atoms with van der Waals surface area (Å²) >= 11 is 0. The number of aromatic nitrogens is 2. The van der Waals surface area contributed by atoms with Crippen molar-refractivity contribution in [2.75, 3.05) is 37.0 Å². The van der Waals surface area contributed by atoms with Crippen LogP contribution >= 0.6 is 0 Å². The zero-order valence-corrected chi connectivity index (χ0v) is 13.0. The molecule has 0 atom stereocenters. The number of likely N-dealkylation sites (N-methyl/N-ethyl adjacent to an activating group) is 1. The van der Waals surface area contributed by atoms with Crippen molar-refractivity contribution in [1.82, 2.24) is 9.97 Å². The number of ether oxygens (including phenoxy) is 1. The fourth-order valence-electron chi connectivity index (χ4n) is 1.63. The summed E-state index contributed by atoms with van der Waals surface area (Å²) in [4.78, 5) is 20.5. The van der Waals surface area contributed by atoms with Gasteiger partial charge >= 0.3 is 5.69 Å². The van der Waals surface area contributed by atoms with Crippen LogP contribution in [0, 0.1) is 10.1 Å². The lowest BCUT2D eigenvalue weighted by molar-refractivity contribution is -0.384. The predicted octanol–water partition coefficient (Wildman–Crippen LogP) is 2.07. The predicted molar refractivity (Wildman–Crippen MR) is 81.8 cm³/mol. The third-order valence-electron chi connectivity index (χ3n) is 2.72. The van der Waals surface area contributed by atoms with Gasteiger partial charge < -0.3 is 15.0 Å². The Morgan fingerprint density at radius 2 is 2.24 bits per heavy atom. The van der Waals surface area contributed by atoms with Gasteiger partial charge in [-0.15, -0.1) is 0 Å². The Morgan fingerprint density at radius 1 is 1.52 bits per heavy atom. The molecule has 1 N–H and O–H groups in total. The van der Waals surface area contributed by atoms with Gasteiger partial charge in [-0.25, -0.2) is 4.98 Å². The summed E-state index contributed by atoms with van der Waals surface area (Å²) in [7, 11) is 1.75. The lowest BCUT2D eigenvalue weighted by atomic mass is 10.4. The molecule has 0 aliphatic carbocycles. The summed E-state index contributed by atoms with van der Waals surface area (Å²) in [6.07, 6.45) is 2.29. The minimum absolute atomic E-state index is 0.107. The van der Waals surface area contributed by atoms with Crippen molar-refractivity contribution in [3.05, 3.63) is 16.3 Å². The highest BCUT2D eigenvalue weighted by molar-refractivity contribution is 5.58. The van der Waals surface area contributed by atoms with Crippen LogP contribution in [-0.2, 0) is 4.74 Å². The van der Waals surface area contributed by atoms with Gasteiger partial charge in [0.15, 0.2) is 0 Å². The summed E-state index contributed by atoms with van der Waals surface area (Å²) in [5.41, 5.74) is -0.107. The average Bonchev–Trinajstić information content (AvgIpc) is 2.44. The van der Waals surface area contributed by atoms with E-state index < -0.39 is 4.92 Å². The Bertz CT molecular complexity index is 467. The Kier molecular flexibility index (Phi) is 6.80. The molecule has 1 rings (SSSR count). The van der Waals surface area contributed by atoms with E-state index in [0.717, 1.165) is 13.0 Å². The third kappa shape index (κ3) is 5.50. The number of hydrogen-bond acceptors (Lipinski definition) is 7. The molecule has 0 amide bonds. The molecule has 0 aliphatic rings. The van der Waals surface area contributed by atoms with E-state index in [1.54, 1.807) is 11.9 Å². The molecule has 0 fully saturated rings. The highest BCUT2D eigenvalue weighted by Gasteiger charge is 2.20. The minimum atomic E-state index is -0.473. The van der Waals surface area contributed by atoms with Gasteiger partial charge in [0, 0.05) is 20.1 Å². The van der Waals surface area contributed by atoms with Crippen molar-refractivity contribution in [3.63, 3.8) is 0 Å². The molecule has 0 radical (unpaired) electrons. The number of nitrogens with one attached hydrogen (secondary N) is 1. The quantitative estimate of drug-likeness (QED) is 0.550. The van der Waals surface area contributed by atoms with Gasteiger partial charge in [-0.05, 0) is 20.3 Å². The van der Waals surface area contributed by atoms with E-state index in [4.69, 9.17) is 4.74 Å². The smallest absolute Gasteiger partial charge is 0.329 e. The van der Waals surface area contributed by atoms with E-state index in [1.165, 1.54) is 6.20 Å². The topological polar surface area (TPSA) is 93.4 Å². The molecule has 1 aromatic heterocycles. The van der Waals surface area contributed by atoms with Gasteiger partial charge in [-0.2, -0.15) is 4.98 Å². The van der Waals surface area contributed by atoms with Gasteiger partial charge in [-0.3, -0.25) is 10.1 Å². The first-order valence-electron chi connectivity index (χ1n) is 7.03. The molecule has 8 nitrogen and oxygen atoms in total. The van der Waals surface area contributed by atoms with Gasteiger partial charge in [0.1, 0.15) is 6.20 Å². The van der Waals surface area contributed by atoms with Crippen molar-refractivity contribution in [2.45, 2.75) is 33.3 Å². The zero-order chi connectivity index (χ0) is 15.8. The fraction of sp³-hybridized carbons (Fsp3) is 0.692. The van der Waals surface area contributed by atoms with Crippen LogP contribution in [0.4, 0.5) is 17.5 Å². The number of rotatable bonds is 9. The molecule has 0 aliphatic heterocycles. The van der Waals surface area contributed by atoms with Crippen LogP contribution in [-0.4, -0.2) is 47.7 Å². The summed E-state index contributed by atoms with van der Waals surface area (Å²) in [6, 6.07) is 0. The summed E-state index contributed by atoms with van der Waals surface area (Å²) in [5, 5.41) is 14.1. The van der Waals surface area contributed by atoms with Crippen molar-refractivity contribution in [3.8, 4) is 0 Å². The average molecular weight is 297 g/mol. The molecule has 0 bridgehead atoms. The molecule has 1 aromatic rings. The highest BCUT2D eigenvalue weighted by atomic mass is 16.6. The zero-order valence-electron chi connectivity index (χ0n) is 13.0. The van der Waals surface area contributed by atoms with Crippen LogP contribution in [0.15, 0.2) is 6.20 Å². The first-order chi connectivity index (χ1) is 9.95. The summed E-state index contributed by atoms with van der Waals surface area (Å²) in [6.45, 7) is 7.63. The van der Waals surface area contributed by atoms with E-state index in [0.29, 0.717) is 24.9 Å². The van der Waals surface area contributed by atoms with Crippen molar-refractivity contribution in [2.24, 2.45) is 0 Å². The number of hydrogen-bond donors (Lipinski definition) is 1. The van der Waals surface area contributed by atoms with Gasteiger partial charge in [-0.1, -0.05) is 6.92 Å². The summed E-state index contributed by atoms with van der Waals surface area (Å²) < 4.78 is 5.46. The Morgan fingerprint density at radius 3 is 2.81 bits per heavy atom. The van der Waals surface area contributed by atoms with Crippen LogP contribution in [0.1, 0.15) is 27.2 Å². The minimum Gasteiger partial charge on any atom is -0.377 e. The number of anilines is 2. The van der Waals surface area contributed by atoms with Crippen LogP contribution in [0.5, 0.6) is 0 Å². The molecule has 8 heteroatoms. The summed E-state index contributed by atoms with van der Waals surface area (Å²) in [5.74, 6) is 0.690. The highest BCUT2D eigenvalue weighted by Crippen LogP contribution is 2.24. The molecule has 1 heterocycles. The van der Waals surface area contributed by atoms with Gasteiger partial charge in [0.2, 0.25) is 11.8 Å².